The Balaban J connectivity index is 1.87. The summed E-state index contributed by atoms with van der Waals surface area (Å²) in [6.07, 6.45) is -5.07. The number of rotatable bonds is 8. The van der Waals surface area contributed by atoms with E-state index >= 15 is 0 Å². The third kappa shape index (κ3) is 6.28. The number of carbonyl (C=O) groups excluding carboxylic acids is 1. The van der Waals surface area contributed by atoms with Crippen molar-refractivity contribution in [3.05, 3.63) is 69.9 Å². The fourth-order valence-electron chi connectivity index (χ4n) is 2.92. The molecule has 0 aliphatic heterocycles. The number of benzene rings is 1. The number of nitrogens with one attached hydrogen (secondary N) is 2. The molecule has 0 spiro atoms. The van der Waals surface area contributed by atoms with Crippen LogP contribution < -0.4 is 20.3 Å². The molecule has 0 bridgehead atoms. The van der Waals surface area contributed by atoms with Crippen molar-refractivity contribution in [1.29, 1.82) is 0 Å². The number of aromatic amines is 1. The summed E-state index contributed by atoms with van der Waals surface area (Å²) >= 11 is 0. The summed E-state index contributed by atoms with van der Waals surface area (Å²) in [6, 6.07) is 7.41. The van der Waals surface area contributed by atoms with E-state index in [1.165, 1.54) is 14.2 Å². The first-order valence-corrected chi connectivity index (χ1v) is 9.57. The van der Waals surface area contributed by atoms with Crippen molar-refractivity contribution in [1.82, 2.24) is 20.3 Å². The van der Waals surface area contributed by atoms with Crippen molar-refractivity contribution in [2.75, 3.05) is 20.8 Å². The summed E-state index contributed by atoms with van der Waals surface area (Å²) in [4.78, 5) is 35.6. The second-order valence-corrected chi connectivity index (χ2v) is 6.76. The van der Waals surface area contributed by atoms with Crippen LogP contribution in [0, 0.1) is 5.82 Å². The van der Waals surface area contributed by atoms with Gasteiger partial charge in [0, 0.05) is 19.2 Å². The maximum atomic E-state index is 14.1. The highest BCUT2D eigenvalue weighted by molar-refractivity contribution is 5.92. The Morgan fingerprint density at radius 2 is 1.91 bits per heavy atom. The van der Waals surface area contributed by atoms with Crippen LogP contribution in [-0.2, 0) is 4.74 Å². The normalized spacial score (nSPS) is 12.2. The third-order valence-electron chi connectivity index (χ3n) is 4.37. The van der Waals surface area contributed by atoms with Gasteiger partial charge in [0.1, 0.15) is 11.4 Å². The Bertz CT molecular complexity index is 1230. The van der Waals surface area contributed by atoms with Crippen LogP contribution in [0.1, 0.15) is 22.1 Å². The molecule has 2 N–H and O–H groups in total. The Labute approximate surface area is 189 Å². The number of ether oxygens (including phenoxy) is 3. The van der Waals surface area contributed by atoms with Gasteiger partial charge in [-0.3, -0.25) is 9.59 Å². The van der Waals surface area contributed by atoms with E-state index in [0.29, 0.717) is 0 Å². The Morgan fingerprint density at radius 3 is 2.56 bits per heavy atom. The molecule has 1 atom stereocenters. The van der Waals surface area contributed by atoms with Crippen LogP contribution >= 0.6 is 0 Å². The van der Waals surface area contributed by atoms with E-state index in [-0.39, 0.29) is 35.3 Å². The fraction of sp³-hybridized carbons (Fsp3) is 0.238. The number of methoxy groups -OCH3 is 2. The Kier molecular flexibility index (Phi) is 7.46. The van der Waals surface area contributed by atoms with Gasteiger partial charge >= 0.3 is 6.36 Å². The number of hydrogen-bond donors (Lipinski definition) is 2. The lowest BCUT2D eigenvalue weighted by Gasteiger charge is -2.19. The molecule has 0 radical (unpaired) electrons. The molecule has 1 amide bonds. The van der Waals surface area contributed by atoms with Gasteiger partial charge in [-0.25, -0.2) is 14.4 Å². The molecule has 0 aliphatic carbocycles. The lowest BCUT2D eigenvalue weighted by Crippen LogP contribution is -2.33. The van der Waals surface area contributed by atoms with Crippen molar-refractivity contribution in [3.63, 3.8) is 0 Å². The molecule has 0 aliphatic rings. The van der Waals surface area contributed by atoms with Crippen molar-refractivity contribution in [3.8, 4) is 23.1 Å². The molecular weight excluding hydrogens is 464 g/mol. The van der Waals surface area contributed by atoms with Gasteiger partial charge < -0.3 is 24.5 Å². The molecule has 1 aromatic carbocycles. The van der Waals surface area contributed by atoms with E-state index in [4.69, 9.17) is 9.47 Å². The van der Waals surface area contributed by atoms with Crippen LogP contribution in [0.4, 0.5) is 17.6 Å². The molecule has 3 aromatic rings. The molecule has 3 rings (SSSR count). The first kappa shape index (κ1) is 24.6. The first-order valence-electron chi connectivity index (χ1n) is 9.57. The second kappa shape index (κ2) is 10.3. The van der Waals surface area contributed by atoms with Crippen LogP contribution in [0.5, 0.6) is 11.6 Å². The van der Waals surface area contributed by atoms with Crippen LogP contribution in [0.15, 0.2) is 47.3 Å². The number of nitrogens with zero attached hydrogens (tertiary/aromatic N) is 2. The van der Waals surface area contributed by atoms with E-state index in [9.17, 15) is 27.2 Å². The molecule has 2 heterocycles. The third-order valence-corrected chi connectivity index (χ3v) is 4.37. The highest BCUT2D eigenvalue weighted by atomic mass is 19.4. The van der Waals surface area contributed by atoms with Gasteiger partial charge in [-0.2, -0.15) is 0 Å². The lowest BCUT2D eigenvalue weighted by atomic mass is 10.1. The van der Waals surface area contributed by atoms with E-state index in [1.54, 1.807) is 18.2 Å². The highest BCUT2D eigenvalue weighted by Crippen LogP contribution is 2.28. The molecule has 0 saturated carbocycles. The number of halogens is 4. The largest absolute Gasteiger partial charge is 0.573 e. The Morgan fingerprint density at radius 1 is 1.15 bits per heavy atom. The number of alkyl halides is 3. The molecule has 180 valence electrons. The van der Waals surface area contributed by atoms with Gasteiger partial charge in [0.15, 0.2) is 17.4 Å². The zero-order valence-corrected chi connectivity index (χ0v) is 17.8. The molecule has 0 unspecified atom stereocenters. The predicted octanol–water partition coefficient (Wildman–Crippen LogP) is 3.00. The first-order chi connectivity index (χ1) is 16.1. The van der Waals surface area contributed by atoms with Gasteiger partial charge in [-0.05, 0) is 23.8 Å². The van der Waals surface area contributed by atoms with Crippen LogP contribution in [0.2, 0.25) is 0 Å². The predicted molar refractivity (Wildman–Crippen MR) is 110 cm³/mol. The van der Waals surface area contributed by atoms with E-state index in [2.05, 4.69) is 25.0 Å². The SMILES string of the molecule is COC[C@@H](NC(=O)c1cc(=O)[nH]c(-c2cccc(OC)n2)n1)c1ccc(OC(F)(F)F)c(F)c1. The average molecular weight is 482 g/mol. The quantitative estimate of drug-likeness (QED) is 0.475. The summed E-state index contributed by atoms with van der Waals surface area (Å²) < 4.78 is 64.9. The number of carbonyl (C=O) groups is 1. The second-order valence-electron chi connectivity index (χ2n) is 6.76. The molecule has 34 heavy (non-hydrogen) atoms. The van der Waals surface area contributed by atoms with E-state index in [0.717, 1.165) is 24.3 Å². The summed E-state index contributed by atoms with van der Waals surface area (Å²) in [5.41, 5.74) is -0.576. The standard InChI is InChI=1S/C21H18F4N4O5/c1-32-10-15(11-6-7-16(12(22)8-11)34-21(23,24)25)28-20(31)14-9-17(30)29-19(27-14)13-4-3-5-18(26-13)33-2/h3-9,15H,10H2,1-2H3,(H,28,31)(H,27,29,30)/t15-/m1/s1. The lowest BCUT2D eigenvalue weighted by molar-refractivity contribution is -0.275. The zero-order chi connectivity index (χ0) is 24.9. The number of H-pyrrole nitrogens is 1. The van der Waals surface area contributed by atoms with Crippen LogP contribution in [0.25, 0.3) is 11.5 Å². The molecular formula is C21H18F4N4O5. The number of amides is 1. The number of pyridine rings is 1. The average Bonchev–Trinajstić information content (AvgIpc) is 2.79. The minimum atomic E-state index is -5.07. The Hall–Kier alpha value is -4.00. The van der Waals surface area contributed by atoms with Crippen molar-refractivity contribution < 1.29 is 36.6 Å². The van der Waals surface area contributed by atoms with E-state index in [1.807, 2.05) is 0 Å². The zero-order valence-electron chi connectivity index (χ0n) is 17.8. The molecule has 2 aromatic heterocycles. The number of hydrogen-bond acceptors (Lipinski definition) is 7. The smallest absolute Gasteiger partial charge is 0.481 e. The number of aromatic nitrogens is 3. The fourth-order valence-corrected chi connectivity index (χ4v) is 2.92. The van der Waals surface area contributed by atoms with Crippen LogP contribution in [0.3, 0.4) is 0 Å². The monoisotopic (exact) mass is 482 g/mol. The molecule has 0 saturated heterocycles. The summed E-state index contributed by atoms with van der Waals surface area (Å²) in [6.45, 7) is -0.155. The van der Waals surface area contributed by atoms with Crippen molar-refractivity contribution in [2.45, 2.75) is 12.4 Å². The maximum absolute atomic E-state index is 14.1. The van der Waals surface area contributed by atoms with Gasteiger partial charge in [-0.15, -0.1) is 13.2 Å². The van der Waals surface area contributed by atoms with Crippen LogP contribution in [-0.4, -0.2) is 48.0 Å². The minimum absolute atomic E-state index is 0.000427. The molecule has 9 nitrogen and oxygen atoms in total. The summed E-state index contributed by atoms with van der Waals surface area (Å²) in [5.74, 6) is -2.86. The van der Waals surface area contributed by atoms with E-state index < -0.39 is 35.4 Å². The topological polar surface area (TPSA) is 115 Å². The van der Waals surface area contributed by atoms with Gasteiger partial charge in [-0.1, -0.05) is 12.1 Å². The van der Waals surface area contributed by atoms with Gasteiger partial charge in [0.2, 0.25) is 5.88 Å². The van der Waals surface area contributed by atoms with Gasteiger partial charge in [0.25, 0.3) is 11.5 Å². The molecule has 0 fully saturated rings. The minimum Gasteiger partial charge on any atom is -0.481 e. The van der Waals surface area contributed by atoms with Gasteiger partial charge in [0.05, 0.1) is 19.8 Å². The summed E-state index contributed by atoms with van der Waals surface area (Å²) in [7, 11) is 2.72. The van der Waals surface area contributed by atoms with Crippen molar-refractivity contribution >= 4 is 5.91 Å². The summed E-state index contributed by atoms with van der Waals surface area (Å²) in [5, 5.41) is 2.52. The molecule has 13 heteroatoms. The highest BCUT2D eigenvalue weighted by Gasteiger charge is 2.32. The van der Waals surface area contributed by atoms with Crippen molar-refractivity contribution in [2.24, 2.45) is 0 Å². The maximum Gasteiger partial charge on any atom is 0.573 e.